The van der Waals surface area contributed by atoms with Gasteiger partial charge < -0.3 is 29.9 Å². The number of rotatable bonds is 14. The molecule has 1 saturated heterocycles. The molecule has 0 saturated carbocycles. The van der Waals surface area contributed by atoms with Crippen molar-refractivity contribution >= 4 is 5.96 Å². The van der Waals surface area contributed by atoms with Gasteiger partial charge in [0, 0.05) is 45.8 Å². The van der Waals surface area contributed by atoms with Crippen LogP contribution in [0.15, 0.2) is 23.2 Å². The molecule has 0 atom stereocenters. The Labute approximate surface area is 195 Å². The van der Waals surface area contributed by atoms with Gasteiger partial charge in [0.25, 0.3) is 0 Å². The van der Waals surface area contributed by atoms with E-state index >= 15 is 0 Å². The highest BCUT2D eigenvalue weighted by molar-refractivity contribution is 5.79. The lowest BCUT2D eigenvalue weighted by molar-refractivity contribution is 0.136. The zero-order chi connectivity index (χ0) is 23.0. The van der Waals surface area contributed by atoms with Crippen LogP contribution in [0.2, 0.25) is 0 Å². The van der Waals surface area contributed by atoms with E-state index in [1.165, 1.54) is 51.3 Å². The molecule has 1 aliphatic heterocycles. The first kappa shape index (κ1) is 26.3. The predicted molar refractivity (Wildman–Crippen MR) is 134 cm³/mol. The minimum absolute atomic E-state index is 0.633. The Hall–Kier alpha value is -1.99. The number of nitrogens with zero attached hydrogens (tertiary/aromatic N) is 3. The number of likely N-dealkylation sites (N-methyl/N-ethyl adjacent to an activating group) is 1. The van der Waals surface area contributed by atoms with Crippen LogP contribution in [0.25, 0.3) is 0 Å². The molecule has 0 radical (unpaired) electrons. The smallest absolute Gasteiger partial charge is 0.191 e. The number of piperazine rings is 1. The quantitative estimate of drug-likeness (QED) is 0.260. The second-order valence-corrected chi connectivity index (χ2v) is 8.07. The molecule has 1 aromatic rings. The van der Waals surface area contributed by atoms with E-state index in [0.717, 1.165) is 49.9 Å². The average molecular weight is 448 g/mol. The van der Waals surface area contributed by atoms with E-state index in [9.17, 15) is 0 Å². The molecular formula is C25H45N5O2. The highest BCUT2D eigenvalue weighted by Gasteiger charge is 2.14. The van der Waals surface area contributed by atoms with Crippen molar-refractivity contribution in [3.63, 3.8) is 0 Å². The summed E-state index contributed by atoms with van der Waals surface area (Å²) in [4.78, 5) is 9.88. The molecule has 7 nitrogen and oxygen atoms in total. The van der Waals surface area contributed by atoms with Crippen molar-refractivity contribution in [2.75, 3.05) is 72.1 Å². The van der Waals surface area contributed by atoms with Crippen LogP contribution in [0.1, 0.15) is 46.1 Å². The third-order valence-electron chi connectivity index (χ3n) is 5.72. The number of benzene rings is 1. The van der Waals surface area contributed by atoms with Crippen molar-refractivity contribution in [2.45, 2.75) is 47.0 Å². The van der Waals surface area contributed by atoms with Crippen LogP contribution in [0.3, 0.4) is 0 Å². The second kappa shape index (κ2) is 15.8. The van der Waals surface area contributed by atoms with Crippen LogP contribution in [-0.2, 0) is 6.42 Å². The monoisotopic (exact) mass is 447 g/mol. The summed E-state index contributed by atoms with van der Waals surface area (Å²) in [6.45, 7) is 19.4. The third-order valence-corrected chi connectivity index (χ3v) is 5.72. The van der Waals surface area contributed by atoms with Gasteiger partial charge in [0.2, 0.25) is 0 Å². The molecule has 182 valence electrons. The summed E-state index contributed by atoms with van der Waals surface area (Å²) in [5, 5.41) is 6.82. The molecule has 0 aliphatic carbocycles. The maximum absolute atomic E-state index is 5.74. The van der Waals surface area contributed by atoms with Crippen molar-refractivity contribution in [1.29, 1.82) is 0 Å². The van der Waals surface area contributed by atoms with Crippen molar-refractivity contribution < 1.29 is 9.47 Å². The number of nitrogens with one attached hydrogen (secondary N) is 2. The fourth-order valence-corrected chi connectivity index (χ4v) is 3.89. The zero-order valence-electron chi connectivity index (χ0n) is 20.8. The standard InChI is InChI=1S/C25H45N5O2/c1-5-26-25(27-14-9-10-16-30-19-17-29(6-2)18-20-30)28-15-13-22-11-12-23(31-7-3)24(21-22)32-8-4/h11-12,21H,5-10,13-20H2,1-4H3,(H2,26,27,28). The summed E-state index contributed by atoms with van der Waals surface area (Å²) in [5.74, 6) is 2.54. The number of ether oxygens (including phenoxy) is 2. The number of guanidine groups is 1. The third kappa shape index (κ3) is 9.65. The Kier molecular flexibility index (Phi) is 12.9. The van der Waals surface area contributed by atoms with Crippen molar-refractivity contribution in [2.24, 2.45) is 4.99 Å². The van der Waals surface area contributed by atoms with Gasteiger partial charge in [-0.1, -0.05) is 13.0 Å². The molecular weight excluding hydrogens is 402 g/mol. The highest BCUT2D eigenvalue weighted by atomic mass is 16.5. The average Bonchev–Trinajstić information content (AvgIpc) is 2.81. The number of unbranched alkanes of at least 4 members (excludes halogenated alkanes) is 1. The van der Waals surface area contributed by atoms with Crippen LogP contribution in [0.5, 0.6) is 11.5 Å². The van der Waals surface area contributed by atoms with E-state index in [-0.39, 0.29) is 0 Å². The lowest BCUT2D eigenvalue weighted by Crippen LogP contribution is -2.46. The minimum atomic E-state index is 0.633. The fraction of sp³-hybridized carbons (Fsp3) is 0.720. The van der Waals surface area contributed by atoms with Gasteiger partial charge in [-0.3, -0.25) is 4.99 Å². The fourth-order valence-electron chi connectivity index (χ4n) is 3.89. The van der Waals surface area contributed by atoms with Crippen LogP contribution in [-0.4, -0.2) is 87.9 Å². The van der Waals surface area contributed by atoms with Crippen molar-refractivity contribution in [1.82, 2.24) is 20.4 Å². The molecule has 0 amide bonds. The topological polar surface area (TPSA) is 61.4 Å². The van der Waals surface area contributed by atoms with Gasteiger partial charge in [0.1, 0.15) is 0 Å². The Bertz CT molecular complexity index is 660. The second-order valence-electron chi connectivity index (χ2n) is 8.07. The maximum atomic E-state index is 5.74. The zero-order valence-corrected chi connectivity index (χ0v) is 20.8. The van der Waals surface area contributed by atoms with E-state index in [1.54, 1.807) is 0 Å². The predicted octanol–water partition coefficient (Wildman–Crippen LogP) is 3.00. The van der Waals surface area contributed by atoms with Gasteiger partial charge in [-0.2, -0.15) is 0 Å². The van der Waals surface area contributed by atoms with E-state index < -0.39 is 0 Å². The first-order valence-electron chi connectivity index (χ1n) is 12.5. The molecule has 1 heterocycles. The molecule has 1 fully saturated rings. The van der Waals surface area contributed by atoms with Crippen LogP contribution < -0.4 is 20.1 Å². The molecule has 0 bridgehead atoms. The van der Waals surface area contributed by atoms with Crippen LogP contribution >= 0.6 is 0 Å². The molecule has 7 heteroatoms. The van der Waals surface area contributed by atoms with Gasteiger partial charge in [0.15, 0.2) is 17.5 Å². The number of hydrogen-bond donors (Lipinski definition) is 2. The SMILES string of the molecule is CCNC(=NCCCCN1CCN(CC)CC1)NCCc1ccc(OCC)c(OCC)c1. The maximum Gasteiger partial charge on any atom is 0.191 e. The molecule has 0 unspecified atom stereocenters. The van der Waals surface area contributed by atoms with Crippen molar-refractivity contribution in [3.05, 3.63) is 23.8 Å². The van der Waals surface area contributed by atoms with Crippen LogP contribution in [0.4, 0.5) is 0 Å². The molecule has 32 heavy (non-hydrogen) atoms. The Morgan fingerprint density at radius 1 is 0.906 bits per heavy atom. The molecule has 0 spiro atoms. The van der Waals surface area contributed by atoms with Crippen molar-refractivity contribution in [3.8, 4) is 11.5 Å². The van der Waals surface area contributed by atoms with Crippen LogP contribution in [0, 0.1) is 0 Å². The summed E-state index contributed by atoms with van der Waals surface area (Å²) in [6, 6.07) is 6.20. The molecule has 1 aromatic carbocycles. The Morgan fingerprint density at radius 2 is 1.62 bits per heavy atom. The molecule has 2 rings (SSSR count). The van der Waals surface area contributed by atoms with E-state index in [2.05, 4.69) is 46.4 Å². The van der Waals surface area contributed by atoms with Gasteiger partial charge in [-0.05, 0) is 70.8 Å². The number of hydrogen-bond acceptors (Lipinski definition) is 5. The highest BCUT2D eigenvalue weighted by Crippen LogP contribution is 2.28. The summed E-state index contributed by atoms with van der Waals surface area (Å²) < 4.78 is 11.4. The van der Waals surface area contributed by atoms with Gasteiger partial charge in [0.05, 0.1) is 13.2 Å². The first-order chi connectivity index (χ1) is 15.7. The summed E-state index contributed by atoms with van der Waals surface area (Å²) in [7, 11) is 0. The first-order valence-corrected chi connectivity index (χ1v) is 12.5. The van der Waals surface area contributed by atoms with Gasteiger partial charge >= 0.3 is 0 Å². The molecule has 2 N–H and O–H groups in total. The van der Waals surface area contributed by atoms with E-state index in [1.807, 2.05) is 19.9 Å². The molecule has 1 aliphatic rings. The van der Waals surface area contributed by atoms with E-state index in [4.69, 9.17) is 14.5 Å². The van der Waals surface area contributed by atoms with Gasteiger partial charge in [-0.25, -0.2) is 0 Å². The Morgan fingerprint density at radius 3 is 2.31 bits per heavy atom. The largest absolute Gasteiger partial charge is 0.490 e. The normalized spacial score (nSPS) is 15.6. The minimum Gasteiger partial charge on any atom is -0.490 e. The van der Waals surface area contributed by atoms with E-state index in [0.29, 0.717) is 13.2 Å². The lowest BCUT2D eigenvalue weighted by Gasteiger charge is -2.33. The Balaban J connectivity index is 1.71. The number of aliphatic imine (C=N–C) groups is 1. The summed E-state index contributed by atoms with van der Waals surface area (Å²) in [5.41, 5.74) is 1.23. The summed E-state index contributed by atoms with van der Waals surface area (Å²) >= 11 is 0. The lowest BCUT2D eigenvalue weighted by atomic mass is 10.1. The summed E-state index contributed by atoms with van der Waals surface area (Å²) in [6.07, 6.45) is 3.24. The van der Waals surface area contributed by atoms with Gasteiger partial charge in [-0.15, -0.1) is 0 Å². The molecule has 0 aromatic heterocycles.